The van der Waals surface area contributed by atoms with Crippen LogP contribution in [0.5, 0.6) is 0 Å². The molecule has 1 aromatic carbocycles. The Bertz CT molecular complexity index is 1290. The Morgan fingerprint density at radius 3 is 2.68 bits per heavy atom. The zero-order valence-corrected chi connectivity index (χ0v) is 15.2. The normalized spacial score (nSPS) is 12.5. The van der Waals surface area contributed by atoms with Crippen LogP contribution in [0.15, 0.2) is 61.1 Å². The van der Waals surface area contributed by atoms with Gasteiger partial charge in [0.1, 0.15) is 11.3 Å². The molecule has 0 fully saturated rings. The van der Waals surface area contributed by atoms with Gasteiger partial charge in [0, 0.05) is 17.5 Å². The molecule has 136 valence electrons. The third-order valence-electron chi connectivity index (χ3n) is 4.85. The van der Waals surface area contributed by atoms with Crippen LogP contribution < -0.4 is 5.73 Å². The molecule has 7 nitrogen and oxygen atoms in total. The number of hydrogen-bond acceptors (Lipinski definition) is 6. The number of rotatable bonds is 3. The van der Waals surface area contributed by atoms with Crippen molar-refractivity contribution in [3.8, 4) is 11.4 Å². The van der Waals surface area contributed by atoms with E-state index in [1.165, 1.54) is 0 Å². The number of aromatic nitrogens is 6. The fourth-order valence-corrected chi connectivity index (χ4v) is 3.38. The van der Waals surface area contributed by atoms with Crippen LogP contribution in [0.25, 0.3) is 33.5 Å². The quantitative estimate of drug-likeness (QED) is 0.504. The summed E-state index contributed by atoms with van der Waals surface area (Å²) in [6, 6.07) is 16.0. The van der Waals surface area contributed by atoms with E-state index >= 15 is 0 Å². The maximum absolute atomic E-state index is 6.11. The highest BCUT2D eigenvalue weighted by molar-refractivity contribution is 5.84. The molecule has 0 bridgehead atoms. The lowest BCUT2D eigenvalue weighted by Crippen LogP contribution is -2.08. The monoisotopic (exact) mass is 367 g/mol. The molecule has 0 amide bonds. The Morgan fingerprint density at radius 2 is 1.82 bits per heavy atom. The molecule has 28 heavy (non-hydrogen) atoms. The highest BCUT2D eigenvalue weighted by atomic mass is 15.0. The van der Waals surface area contributed by atoms with Crippen molar-refractivity contribution < 1.29 is 0 Å². The molecule has 4 aromatic heterocycles. The van der Waals surface area contributed by atoms with E-state index in [-0.39, 0.29) is 5.92 Å². The Labute approximate surface area is 160 Å². The molecule has 7 heteroatoms. The van der Waals surface area contributed by atoms with Crippen LogP contribution in [0.2, 0.25) is 0 Å². The average molecular weight is 367 g/mol. The van der Waals surface area contributed by atoms with E-state index in [0.717, 1.165) is 27.9 Å². The second kappa shape index (κ2) is 6.38. The van der Waals surface area contributed by atoms with Gasteiger partial charge in [-0.3, -0.25) is 4.98 Å². The summed E-state index contributed by atoms with van der Waals surface area (Å²) >= 11 is 0. The fourth-order valence-electron chi connectivity index (χ4n) is 3.38. The summed E-state index contributed by atoms with van der Waals surface area (Å²) in [7, 11) is 0. The molecule has 0 aliphatic heterocycles. The molecule has 4 heterocycles. The zero-order valence-electron chi connectivity index (χ0n) is 15.2. The number of fused-ring (bicyclic) bond motifs is 2. The van der Waals surface area contributed by atoms with Gasteiger partial charge < -0.3 is 10.7 Å². The summed E-state index contributed by atoms with van der Waals surface area (Å²) in [6.45, 7) is 2.05. The lowest BCUT2D eigenvalue weighted by Gasteiger charge is -2.16. The largest absolute Gasteiger partial charge is 0.382 e. The minimum absolute atomic E-state index is 0.141. The van der Waals surface area contributed by atoms with Crippen LogP contribution in [-0.2, 0) is 0 Å². The number of benzene rings is 1. The lowest BCUT2D eigenvalue weighted by molar-refractivity contribution is 0.825. The van der Waals surface area contributed by atoms with Crippen LogP contribution in [-0.4, -0.2) is 29.9 Å². The summed E-state index contributed by atoms with van der Waals surface area (Å²) in [5.41, 5.74) is 10.9. The van der Waals surface area contributed by atoms with Crippen LogP contribution in [0, 0.1) is 0 Å². The van der Waals surface area contributed by atoms with Gasteiger partial charge in [0.2, 0.25) is 0 Å². The second-order valence-corrected chi connectivity index (χ2v) is 6.62. The van der Waals surface area contributed by atoms with Crippen molar-refractivity contribution in [2.75, 3.05) is 5.73 Å². The predicted molar refractivity (Wildman–Crippen MR) is 109 cm³/mol. The molecule has 0 saturated carbocycles. The van der Waals surface area contributed by atoms with Gasteiger partial charge in [-0.05, 0) is 29.8 Å². The maximum Gasteiger partial charge on any atom is 0.183 e. The second-order valence-electron chi connectivity index (χ2n) is 6.62. The minimum Gasteiger partial charge on any atom is -0.382 e. The average Bonchev–Trinajstić information content (AvgIpc) is 3.22. The van der Waals surface area contributed by atoms with Gasteiger partial charge in [0.15, 0.2) is 11.5 Å². The number of nitrogens with one attached hydrogen (secondary N) is 1. The molecule has 5 aromatic rings. The first kappa shape index (κ1) is 16.3. The molecule has 0 spiro atoms. The number of para-hydroxylation sites is 1. The van der Waals surface area contributed by atoms with E-state index in [1.54, 1.807) is 12.5 Å². The number of H-pyrrole nitrogens is 1. The zero-order chi connectivity index (χ0) is 19.1. The first-order chi connectivity index (χ1) is 13.7. The molecule has 1 atom stereocenters. The molecule has 0 unspecified atom stereocenters. The fraction of sp³-hybridized carbons (Fsp3) is 0.0952. The number of nitrogens with two attached hydrogens (primary N) is 1. The predicted octanol–water partition coefficient (Wildman–Crippen LogP) is 3.70. The van der Waals surface area contributed by atoms with Crippen LogP contribution in [0.3, 0.4) is 0 Å². The van der Waals surface area contributed by atoms with E-state index in [4.69, 9.17) is 10.7 Å². The number of nitrogens with zero attached hydrogens (tertiary/aromatic N) is 5. The first-order valence-corrected chi connectivity index (χ1v) is 8.98. The van der Waals surface area contributed by atoms with Crippen molar-refractivity contribution >= 4 is 27.9 Å². The molecule has 0 radical (unpaired) electrons. The van der Waals surface area contributed by atoms with Gasteiger partial charge in [-0.25, -0.2) is 19.9 Å². The lowest BCUT2D eigenvalue weighted by atomic mass is 9.95. The van der Waals surface area contributed by atoms with Gasteiger partial charge in [-0.2, -0.15) is 0 Å². The molecule has 0 aliphatic rings. The standard InChI is InChI=1S/C21H17N7/c1-12(20-27-19(22)18-21(28-20)25-11-24-18)14-10-13-6-2-3-7-15(13)26-17(14)16-8-4-5-9-23-16/h2-12H,1H3,(H3,22,24,25,27,28)/t12-/m0/s1. The number of pyridine rings is 2. The van der Waals surface area contributed by atoms with Crippen molar-refractivity contribution in [1.29, 1.82) is 0 Å². The van der Waals surface area contributed by atoms with Crippen LogP contribution in [0.4, 0.5) is 5.82 Å². The third kappa shape index (κ3) is 2.64. The topological polar surface area (TPSA) is 106 Å². The van der Waals surface area contributed by atoms with E-state index in [2.05, 4.69) is 31.0 Å². The highest BCUT2D eigenvalue weighted by Gasteiger charge is 2.21. The number of nitrogen functional groups attached to an aromatic ring is 1. The Hall–Kier alpha value is -3.87. The summed E-state index contributed by atoms with van der Waals surface area (Å²) in [5.74, 6) is 0.848. The van der Waals surface area contributed by atoms with Crippen molar-refractivity contribution in [2.45, 2.75) is 12.8 Å². The maximum atomic E-state index is 6.11. The van der Waals surface area contributed by atoms with Gasteiger partial charge in [-0.1, -0.05) is 31.2 Å². The van der Waals surface area contributed by atoms with E-state index < -0.39 is 0 Å². The van der Waals surface area contributed by atoms with Crippen LogP contribution in [0.1, 0.15) is 24.2 Å². The first-order valence-electron chi connectivity index (χ1n) is 8.98. The van der Waals surface area contributed by atoms with Crippen molar-refractivity contribution in [2.24, 2.45) is 0 Å². The molecule has 5 rings (SSSR count). The summed E-state index contributed by atoms with van der Waals surface area (Å²) in [4.78, 5) is 25.7. The van der Waals surface area contributed by atoms with E-state index in [9.17, 15) is 0 Å². The molecular weight excluding hydrogens is 350 g/mol. The molecule has 0 saturated heterocycles. The van der Waals surface area contributed by atoms with Crippen molar-refractivity contribution in [3.63, 3.8) is 0 Å². The Kier molecular flexibility index (Phi) is 3.72. The third-order valence-corrected chi connectivity index (χ3v) is 4.85. The minimum atomic E-state index is -0.141. The van der Waals surface area contributed by atoms with Gasteiger partial charge in [-0.15, -0.1) is 0 Å². The van der Waals surface area contributed by atoms with E-state index in [0.29, 0.717) is 22.8 Å². The van der Waals surface area contributed by atoms with Crippen LogP contribution >= 0.6 is 0 Å². The number of imidazole rings is 1. The Morgan fingerprint density at radius 1 is 0.964 bits per heavy atom. The molecular formula is C21H17N7. The van der Waals surface area contributed by atoms with Crippen molar-refractivity contribution in [3.05, 3.63) is 72.4 Å². The van der Waals surface area contributed by atoms with Gasteiger partial charge in [0.05, 0.1) is 23.2 Å². The van der Waals surface area contributed by atoms with Gasteiger partial charge >= 0.3 is 0 Å². The summed E-state index contributed by atoms with van der Waals surface area (Å²) < 4.78 is 0. The summed E-state index contributed by atoms with van der Waals surface area (Å²) in [6.07, 6.45) is 3.34. The van der Waals surface area contributed by atoms with E-state index in [1.807, 2.05) is 49.4 Å². The smallest absolute Gasteiger partial charge is 0.183 e. The number of hydrogen-bond donors (Lipinski definition) is 2. The number of aromatic amines is 1. The van der Waals surface area contributed by atoms with Gasteiger partial charge in [0.25, 0.3) is 0 Å². The highest BCUT2D eigenvalue weighted by Crippen LogP contribution is 2.33. The number of anilines is 1. The molecule has 0 aliphatic carbocycles. The SMILES string of the molecule is C[C@H](c1nc(N)c2[nH]cnc2n1)c1cc2ccccc2nc1-c1ccccn1. The summed E-state index contributed by atoms with van der Waals surface area (Å²) in [5, 5.41) is 1.05. The Balaban J connectivity index is 1.73. The molecule has 3 N–H and O–H groups in total. The van der Waals surface area contributed by atoms with Crippen molar-refractivity contribution in [1.82, 2.24) is 29.9 Å².